The van der Waals surface area contributed by atoms with Gasteiger partial charge in [0.1, 0.15) is 5.78 Å². The SMILES string of the molecule is CC(=O)[C@@H]1C[C@H](C)CN1C(C)C. The smallest absolute Gasteiger partial charge is 0.146 e. The Morgan fingerprint density at radius 2 is 2.08 bits per heavy atom. The fourth-order valence-corrected chi connectivity index (χ4v) is 2.05. The van der Waals surface area contributed by atoms with Gasteiger partial charge in [0.15, 0.2) is 0 Å². The van der Waals surface area contributed by atoms with Gasteiger partial charge in [0.2, 0.25) is 0 Å². The third kappa shape index (κ3) is 1.86. The first-order valence-corrected chi connectivity index (χ1v) is 4.78. The lowest BCUT2D eigenvalue weighted by molar-refractivity contribution is -0.121. The van der Waals surface area contributed by atoms with Crippen molar-refractivity contribution >= 4 is 5.78 Å². The molecule has 2 nitrogen and oxygen atoms in total. The van der Waals surface area contributed by atoms with Crippen LogP contribution in [-0.4, -0.2) is 29.3 Å². The minimum atomic E-state index is 0.194. The normalized spacial score (nSPS) is 31.4. The van der Waals surface area contributed by atoms with Gasteiger partial charge in [-0.2, -0.15) is 0 Å². The Morgan fingerprint density at radius 1 is 1.50 bits per heavy atom. The van der Waals surface area contributed by atoms with Crippen molar-refractivity contribution < 1.29 is 4.79 Å². The maximum Gasteiger partial charge on any atom is 0.146 e. The Balaban J connectivity index is 2.65. The van der Waals surface area contributed by atoms with Gasteiger partial charge in [-0.1, -0.05) is 6.92 Å². The van der Waals surface area contributed by atoms with E-state index in [2.05, 4.69) is 25.7 Å². The van der Waals surface area contributed by atoms with Gasteiger partial charge in [0.05, 0.1) is 6.04 Å². The molecule has 1 saturated heterocycles. The number of hydrogen-bond acceptors (Lipinski definition) is 2. The van der Waals surface area contributed by atoms with Gasteiger partial charge in [-0.05, 0) is 33.1 Å². The Morgan fingerprint density at radius 3 is 2.42 bits per heavy atom. The third-order valence-corrected chi connectivity index (χ3v) is 2.68. The van der Waals surface area contributed by atoms with Gasteiger partial charge in [-0.15, -0.1) is 0 Å². The van der Waals surface area contributed by atoms with Crippen molar-refractivity contribution in [1.29, 1.82) is 0 Å². The van der Waals surface area contributed by atoms with E-state index in [1.807, 2.05) is 0 Å². The summed E-state index contributed by atoms with van der Waals surface area (Å²) in [7, 11) is 0. The largest absolute Gasteiger partial charge is 0.298 e. The van der Waals surface area contributed by atoms with Crippen molar-refractivity contribution in [2.45, 2.75) is 46.2 Å². The van der Waals surface area contributed by atoms with E-state index >= 15 is 0 Å². The molecule has 70 valence electrons. The molecule has 0 unspecified atom stereocenters. The molecule has 2 atom stereocenters. The molecule has 1 aliphatic heterocycles. The van der Waals surface area contributed by atoms with E-state index in [4.69, 9.17) is 0 Å². The van der Waals surface area contributed by atoms with Crippen LogP contribution < -0.4 is 0 Å². The highest BCUT2D eigenvalue weighted by molar-refractivity contribution is 5.81. The average molecular weight is 169 g/mol. The standard InChI is InChI=1S/C10H19NO/c1-7(2)11-6-8(3)5-10(11)9(4)12/h7-8,10H,5-6H2,1-4H3/t8-,10-/m0/s1. The number of rotatable bonds is 2. The lowest BCUT2D eigenvalue weighted by Crippen LogP contribution is -2.39. The predicted molar refractivity (Wildman–Crippen MR) is 50.1 cm³/mol. The summed E-state index contributed by atoms with van der Waals surface area (Å²) >= 11 is 0. The fourth-order valence-electron chi connectivity index (χ4n) is 2.05. The highest BCUT2D eigenvalue weighted by Crippen LogP contribution is 2.25. The van der Waals surface area contributed by atoms with Gasteiger partial charge < -0.3 is 0 Å². The molecule has 0 amide bonds. The molecular formula is C10H19NO. The molecular weight excluding hydrogens is 150 g/mol. The maximum absolute atomic E-state index is 11.3. The molecule has 1 aliphatic rings. The van der Waals surface area contributed by atoms with Gasteiger partial charge in [-0.25, -0.2) is 0 Å². The lowest BCUT2D eigenvalue weighted by atomic mass is 10.1. The molecule has 0 saturated carbocycles. The summed E-state index contributed by atoms with van der Waals surface area (Å²) in [5.74, 6) is 1.01. The van der Waals surface area contributed by atoms with Crippen LogP contribution in [0.4, 0.5) is 0 Å². The quantitative estimate of drug-likeness (QED) is 0.627. The number of carbonyl (C=O) groups excluding carboxylic acids is 1. The molecule has 0 aliphatic carbocycles. The predicted octanol–water partition coefficient (Wildman–Crippen LogP) is 1.69. The molecule has 1 heterocycles. The van der Waals surface area contributed by atoms with Crippen molar-refractivity contribution in [2.24, 2.45) is 5.92 Å². The molecule has 0 bridgehead atoms. The van der Waals surface area contributed by atoms with E-state index < -0.39 is 0 Å². The van der Waals surface area contributed by atoms with Crippen molar-refractivity contribution in [3.63, 3.8) is 0 Å². The van der Waals surface area contributed by atoms with E-state index in [0.29, 0.717) is 17.7 Å². The Bertz CT molecular complexity index is 177. The first-order chi connectivity index (χ1) is 5.52. The molecule has 0 aromatic rings. The van der Waals surface area contributed by atoms with E-state index in [0.717, 1.165) is 13.0 Å². The maximum atomic E-state index is 11.3. The van der Waals surface area contributed by atoms with Gasteiger partial charge >= 0.3 is 0 Å². The number of likely N-dealkylation sites (tertiary alicyclic amines) is 1. The van der Waals surface area contributed by atoms with Crippen LogP contribution in [0.5, 0.6) is 0 Å². The highest BCUT2D eigenvalue weighted by atomic mass is 16.1. The van der Waals surface area contributed by atoms with Crippen molar-refractivity contribution in [1.82, 2.24) is 4.90 Å². The second-order valence-electron chi connectivity index (χ2n) is 4.26. The Labute approximate surface area is 74.9 Å². The number of carbonyl (C=O) groups is 1. The van der Waals surface area contributed by atoms with Crippen molar-refractivity contribution in [2.75, 3.05) is 6.54 Å². The molecule has 0 spiro atoms. The fraction of sp³-hybridized carbons (Fsp3) is 0.900. The van der Waals surface area contributed by atoms with Crippen LogP contribution in [0.3, 0.4) is 0 Å². The zero-order chi connectivity index (χ0) is 9.30. The van der Waals surface area contributed by atoms with Crippen LogP contribution in [0.1, 0.15) is 34.1 Å². The van der Waals surface area contributed by atoms with E-state index in [1.54, 1.807) is 6.92 Å². The van der Waals surface area contributed by atoms with E-state index in [1.165, 1.54) is 0 Å². The van der Waals surface area contributed by atoms with Gasteiger partial charge in [0, 0.05) is 12.6 Å². The van der Waals surface area contributed by atoms with E-state index in [-0.39, 0.29) is 6.04 Å². The minimum absolute atomic E-state index is 0.194. The number of ketones is 1. The second-order valence-corrected chi connectivity index (χ2v) is 4.26. The topological polar surface area (TPSA) is 20.3 Å². The molecule has 0 radical (unpaired) electrons. The van der Waals surface area contributed by atoms with Crippen LogP contribution in [0.25, 0.3) is 0 Å². The van der Waals surface area contributed by atoms with Crippen molar-refractivity contribution in [3.8, 4) is 0 Å². The molecule has 0 aromatic carbocycles. The van der Waals surface area contributed by atoms with Crippen LogP contribution >= 0.6 is 0 Å². The minimum Gasteiger partial charge on any atom is -0.298 e. The Hall–Kier alpha value is -0.370. The van der Waals surface area contributed by atoms with Gasteiger partial charge in [-0.3, -0.25) is 9.69 Å². The summed E-state index contributed by atoms with van der Waals surface area (Å²) in [6, 6.07) is 0.698. The van der Waals surface area contributed by atoms with Crippen molar-refractivity contribution in [3.05, 3.63) is 0 Å². The van der Waals surface area contributed by atoms with E-state index in [9.17, 15) is 4.79 Å². The summed E-state index contributed by atoms with van der Waals surface area (Å²) in [6.45, 7) is 9.33. The van der Waals surface area contributed by atoms with Crippen LogP contribution in [0.15, 0.2) is 0 Å². The summed E-state index contributed by atoms with van der Waals surface area (Å²) in [4.78, 5) is 13.6. The first kappa shape index (κ1) is 9.72. The molecule has 12 heavy (non-hydrogen) atoms. The second kappa shape index (κ2) is 3.56. The highest BCUT2D eigenvalue weighted by Gasteiger charge is 2.33. The van der Waals surface area contributed by atoms with Crippen LogP contribution in [0.2, 0.25) is 0 Å². The van der Waals surface area contributed by atoms with Crippen LogP contribution in [-0.2, 0) is 4.79 Å². The zero-order valence-electron chi connectivity index (χ0n) is 8.50. The Kier molecular flexibility index (Phi) is 2.89. The lowest BCUT2D eigenvalue weighted by Gasteiger charge is -2.26. The van der Waals surface area contributed by atoms with Gasteiger partial charge in [0.25, 0.3) is 0 Å². The molecule has 0 aromatic heterocycles. The number of hydrogen-bond donors (Lipinski definition) is 0. The summed E-state index contributed by atoms with van der Waals surface area (Å²) in [6.07, 6.45) is 1.05. The molecule has 2 heteroatoms. The summed E-state index contributed by atoms with van der Waals surface area (Å²) in [5.41, 5.74) is 0. The van der Waals surface area contributed by atoms with Crippen LogP contribution in [0, 0.1) is 5.92 Å². The first-order valence-electron chi connectivity index (χ1n) is 4.78. The number of Topliss-reactive ketones (excluding diaryl/α,β-unsaturated/α-hetero) is 1. The third-order valence-electron chi connectivity index (χ3n) is 2.68. The monoisotopic (exact) mass is 169 g/mol. The number of nitrogens with zero attached hydrogens (tertiary/aromatic N) is 1. The average Bonchev–Trinajstić information content (AvgIpc) is 2.31. The summed E-state index contributed by atoms with van der Waals surface area (Å²) < 4.78 is 0. The summed E-state index contributed by atoms with van der Waals surface area (Å²) in [5, 5.41) is 0. The zero-order valence-corrected chi connectivity index (χ0v) is 8.50. The molecule has 1 rings (SSSR count). The molecule has 1 fully saturated rings. The molecule has 0 N–H and O–H groups in total.